The van der Waals surface area contributed by atoms with E-state index in [0.717, 1.165) is 29.3 Å². The van der Waals surface area contributed by atoms with E-state index in [1.54, 1.807) is 5.56 Å². The number of hydrogen-bond donors (Lipinski definition) is 0. The van der Waals surface area contributed by atoms with Crippen molar-refractivity contribution in [2.45, 2.75) is 43.9 Å². The molecule has 0 saturated heterocycles. The van der Waals surface area contributed by atoms with Gasteiger partial charge < -0.3 is 9.30 Å². The maximum atomic E-state index is 6.71. The van der Waals surface area contributed by atoms with Gasteiger partial charge in [-0.25, -0.2) is 0 Å². The quantitative estimate of drug-likeness (QED) is 0.204. The van der Waals surface area contributed by atoms with E-state index >= 15 is 0 Å². The normalized spacial score (nSPS) is 26.4. The lowest BCUT2D eigenvalue weighted by atomic mass is 9.34. The van der Waals surface area contributed by atoms with Crippen LogP contribution in [-0.4, -0.2) is 11.3 Å². The molecule has 4 aliphatic carbocycles. The summed E-state index contributed by atoms with van der Waals surface area (Å²) in [6.07, 6.45) is 8.65. The summed E-state index contributed by atoms with van der Waals surface area (Å²) < 4.78 is 9.30. The molecule has 0 N–H and O–H groups in total. The van der Waals surface area contributed by atoms with Crippen molar-refractivity contribution >= 4 is 55.7 Å². The van der Waals surface area contributed by atoms with Crippen molar-refractivity contribution in [3.63, 3.8) is 0 Å². The molecule has 0 atom stereocenters. The van der Waals surface area contributed by atoms with Gasteiger partial charge in [-0.2, -0.15) is 0 Å². The summed E-state index contributed by atoms with van der Waals surface area (Å²) in [7, 11) is 0. The van der Waals surface area contributed by atoms with Gasteiger partial charge in [0.25, 0.3) is 6.71 Å². The van der Waals surface area contributed by atoms with Crippen LogP contribution in [0.2, 0.25) is 0 Å². The molecular weight excluding hydrogens is 497 g/mol. The molecule has 6 aromatic rings. The van der Waals surface area contributed by atoms with E-state index in [0.29, 0.717) is 5.41 Å². The lowest BCUT2D eigenvalue weighted by Gasteiger charge is -2.57. The number of fused-ring (bicyclic) bond motifs is 9. The molecule has 6 aliphatic rings. The second kappa shape index (κ2) is 7.26. The number of nitrogens with zero attached hydrogens (tertiary/aromatic N) is 1. The minimum atomic E-state index is 0.152. The summed E-state index contributed by atoms with van der Waals surface area (Å²) in [6, 6.07) is 34.5. The molecule has 2 aliphatic heterocycles. The van der Waals surface area contributed by atoms with Crippen molar-refractivity contribution in [3.05, 3.63) is 96.6 Å². The second-order valence-electron chi connectivity index (χ2n) is 13.9. The summed E-state index contributed by atoms with van der Waals surface area (Å²) >= 11 is 0. The van der Waals surface area contributed by atoms with Crippen LogP contribution in [0, 0.1) is 17.8 Å². The van der Waals surface area contributed by atoms with Gasteiger partial charge in [0.1, 0.15) is 11.5 Å². The third kappa shape index (κ3) is 2.63. The van der Waals surface area contributed by atoms with Crippen LogP contribution in [0.3, 0.4) is 0 Å². The van der Waals surface area contributed by atoms with E-state index in [4.69, 9.17) is 4.74 Å². The second-order valence-corrected chi connectivity index (χ2v) is 13.9. The van der Waals surface area contributed by atoms with Gasteiger partial charge in [-0.3, -0.25) is 0 Å². The molecule has 0 amide bonds. The SMILES string of the molecule is c1cc2c3c(c1)-n1c4cc(C56CC7CC(CC(C7)C5)C6)ccc4c4cccc(c41)B3c1c(ccc3ccccc13)O2. The van der Waals surface area contributed by atoms with Crippen LogP contribution in [0.5, 0.6) is 11.5 Å². The number of hydrogen-bond acceptors (Lipinski definition) is 1. The van der Waals surface area contributed by atoms with Gasteiger partial charge in [-0.05, 0) is 119 Å². The molecule has 0 radical (unpaired) electrons. The molecule has 41 heavy (non-hydrogen) atoms. The van der Waals surface area contributed by atoms with Crippen LogP contribution in [0.1, 0.15) is 44.1 Å². The number of para-hydroxylation sites is 1. The van der Waals surface area contributed by atoms with Gasteiger partial charge >= 0.3 is 0 Å². The van der Waals surface area contributed by atoms with Crippen molar-refractivity contribution in [1.82, 2.24) is 4.57 Å². The summed E-state index contributed by atoms with van der Waals surface area (Å²) in [4.78, 5) is 0. The molecule has 5 aromatic carbocycles. The summed E-state index contributed by atoms with van der Waals surface area (Å²) in [6.45, 7) is 0.152. The zero-order valence-electron chi connectivity index (χ0n) is 23.1. The number of aromatic nitrogens is 1. The van der Waals surface area contributed by atoms with Crippen molar-refractivity contribution < 1.29 is 4.74 Å². The van der Waals surface area contributed by atoms with E-state index in [-0.39, 0.29) is 6.71 Å². The Kier molecular flexibility index (Phi) is 3.85. The van der Waals surface area contributed by atoms with E-state index in [9.17, 15) is 0 Å². The first-order valence-electron chi connectivity index (χ1n) is 15.6. The molecule has 1 aromatic heterocycles. The highest BCUT2D eigenvalue weighted by Gasteiger charge is 2.51. The average molecular weight is 527 g/mol. The first kappa shape index (κ1) is 21.7. The third-order valence-electron chi connectivity index (χ3n) is 11.8. The van der Waals surface area contributed by atoms with Crippen molar-refractivity contribution in [3.8, 4) is 17.2 Å². The number of rotatable bonds is 1. The fraction of sp³-hybridized carbons (Fsp3) is 0.263. The van der Waals surface area contributed by atoms with E-state index in [1.807, 2.05) is 0 Å². The lowest BCUT2D eigenvalue weighted by molar-refractivity contribution is -0.00513. The highest BCUT2D eigenvalue weighted by atomic mass is 16.5. The monoisotopic (exact) mass is 527 g/mol. The van der Waals surface area contributed by atoms with Crippen LogP contribution in [-0.2, 0) is 5.41 Å². The van der Waals surface area contributed by atoms with Crippen LogP contribution in [0.25, 0.3) is 38.3 Å². The number of ether oxygens (including phenoxy) is 1. The molecule has 4 fully saturated rings. The summed E-state index contributed by atoms with van der Waals surface area (Å²) in [5.74, 6) is 4.83. The first-order valence-corrected chi connectivity index (χ1v) is 15.6. The fourth-order valence-electron chi connectivity index (χ4n) is 10.7. The Morgan fingerprint density at radius 1 is 0.659 bits per heavy atom. The topological polar surface area (TPSA) is 14.2 Å². The standard InChI is InChI=1S/C38H30BNO/c1-2-6-27-25(5-1)11-14-34-35(27)39-30-8-3-7-29-28-13-12-26(38-19-22-15-23(20-38)17-24(16-22)21-38)18-32(28)40(37(29)30)31-9-4-10-33(41-34)36(31)39/h1-14,18,22-24H,15-17,19-21H2. The van der Waals surface area contributed by atoms with Crippen molar-refractivity contribution in [2.75, 3.05) is 0 Å². The zero-order valence-corrected chi connectivity index (χ0v) is 23.1. The Hall–Kier alpha value is -3.98. The third-order valence-corrected chi connectivity index (χ3v) is 11.8. The fourth-order valence-corrected chi connectivity index (χ4v) is 10.7. The predicted octanol–water partition coefficient (Wildman–Crippen LogP) is 7.34. The highest BCUT2D eigenvalue weighted by Crippen LogP contribution is 2.61. The zero-order chi connectivity index (χ0) is 26.4. The highest BCUT2D eigenvalue weighted by molar-refractivity contribution is 7.00. The largest absolute Gasteiger partial charge is 0.458 e. The molecular formula is C38H30BNO. The predicted molar refractivity (Wildman–Crippen MR) is 169 cm³/mol. The smallest absolute Gasteiger partial charge is 0.257 e. The minimum absolute atomic E-state index is 0.152. The van der Waals surface area contributed by atoms with Gasteiger partial charge in [-0.1, -0.05) is 66.7 Å². The van der Waals surface area contributed by atoms with Crippen molar-refractivity contribution in [1.29, 1.82) is 0 Å². The molecule has 3 heteroatoms. The molecule has 3 heterocycles. The average Bonchev–Trinajstić information content (AvgIpc) is 3.33. The van der Waals surface area contributed by atoms with Gasteiger partial charge in [0.05, 0.1) is 5.52 Å². The molecule has 4 saturated carbocycles. The molecule has 12 rings (SSSR count). The van der Waals surface area contributed by atoms with Gasteiger partial charge in [0.15, 0.2) is 0 Å². The Bertz CT molecular complexity index is 2100. The van der Waals surface area contributed by atoms with E-state index in [1.165, 1.54) is 93.2 Å². The Labute approximate surface area is 240 Å². The maximum Gasteiger partial charge on any atom is 0.257 e. The Morgan fingerprint density at radius 2 is 1.41 bits per heavy atom. The van der Waals surface area contributed by atoms with E-state index < -0.39 is 0 Å². The summed E-state index contributed by atoms with van der Waals surface area (Å²) in [5.41, 5.74) is 10.0. The van der Waals surface area contributed by atoms with Gasteiger partial charge in [-0.15, -0.1) is 0 Å². The number of benzene rings is 5. The van der Waals surface area contributed by atoms with Crippen molar-refractivity contribution in [2.24, 2.45) is 17.8 Å². The van der Waals surface area contributed by atoms with Crippen LogP contribution < -0.4 is 21.1 Å². The van der Waals surface area contributed by atoms with Gasteiger partial charge in [0, 0.05) is 22.0 Å². The van der Waals surface area contributed by atoms with Crippen LogP contribution >= 0.6 is 0 Å². The summed E-state index contributed by atoms with van der Waals surface area (Å²) in [5, 5.41) is 5.32. The lowest BCUT2D eigenvalue weighted by Crippen LogP contribution is -2.58. The van der Waals surface area contributed by atoms with Gasteiger partial charge in [0.2, 0.25) is 0 Å². The maximum absolute atomic E-state index is 6.71. The Balaban J connectivity index is 1.22. The molecule has 196 valence electrons. The van der Waals surface area contributed by atoms with E-state index in [2.05, 4.69) is 95.6 Å². The molecule has 0 unspecified atom stereocenters. The van der Waals surface area contributed by atoms with Crippen LogP contribution in [0.15, 0.2) is 91.0 Å². The first-order chi connectivity index (χ1) is 20.2. The molecule has 2 nitrogen and oxygen atoms in total. The van der Waals surface area contributed by atoms with Crippen LogP contribution in [0.4, 0.5) is 0 Å². The Morgan fingerprint density at radius 3 is 2.27 bits per heavy atom. The molecule has 0 spiro atoms. The minimum Gasteiger partial charge on any atom is -0.458 e. The molecule has 4 bridgehead atoms.